The van der Waals surface area contributed by atoms with Gasteiger partial charge in [0.1, 0.15) is 5.82 Å². The lowest BCUT2D eigenvalue weighted by atomic mass is 10.1. The topological polar surface area (TPSA) is 105 Å². The van der Waals surface area contributed by atoms with Crippen LogP contribution in [0.4, 0.5) is 5.82 Å². The number of hydrogen-bond donors (Lipinski definition) is 3. The van der Waals surface area contributed by atoms with Crippen molar-refractivity contribution in [2.75, 3.05) is 5.73 Å². The molecule has 0 spiro atoms. The molecule has 0 aromatic carbocycles. The molecule has 2 rings (SSSR count). The van der Waals surface area contributed by atoms with E-state index in [1.165, 1.54) is 0 Å². The molecule has 0 aliphatic carbocycles. The van der Waals surface area contributed by atoms with Gasteiger partial charge < -0.3 is 5.73 Å². The maximum Gasteiger partial charge on any atom is 0.274 e. The molecule has 0 fully saturated rings. The average molecular weight is 206 g/mol. The highest BCUT2D eigenvalue weighted by molar-refractivity contribution is 5.92. The van der Waals surface area contributed by atoms with Gasteiger partial charge in [0.2, 0.25) is 0 Å². The van der Waals surface area contributed by atoms with Crippen molar-refractivity contribution in [3.05, 3.63) is 32.0 Å². The van der Waals surface area contributed by atoms with Crippen LogP contribution < -0.4 is 16.9 Å². The number of fused-ring (bicyclic) bond motifs is 1. The van der Waals surface area contributed by atoms with E-state index in [4.69, 9.17) is 5.73 Å². The van der Waals surface area contributed by atoms with Gasteiger partial charge in [-0.2, -0.15) is 0 Å². The maximum atomic E-state index is 11.5. The van der Waals surface area contributed by atoms with Crippen molar-refractivity contribution in [3.63, 3.8) is 0 Å². The van der Waals surface area contributed by atoms with Crippen LogP contribution in [0.5, 0.6) is 0 Å². The highest BCUT2D eigenvalue weighted by Crippen LogP contribution is 2.17. The minimum absolute atomic E-state index is 0.0837. The summed E-state index contributed by atoms with van der Waals surface area (Å²) in [6.07, 6.45) is 0. The van der Waals surface area contributed by atoms with Crippen LogP contribution in [0.1, 0.15) is 11.3 Å². The predicted octanol–water partition coefficient (Wildman–Crippen LogP) is -0.190. The molecule has 0 bridgehead atoms. The predicted molar refractivity (Wildman–Crippen MR) is 56.9 cm³/mol. The molecule has 0 unspecified atom stereocenters. The Morgan fingerprint density at radius 2 is 1.60 bits per heavy atom. The third-order valence-electron chi connectivity index (χ3n) is 2.46. The molecule has 0 radical (unpaired) electrons. The molecule has 0 atom stereocenters. The molecule has 0 aliphatic heterocycles. The Bertz CT molecular complexity index is 653. The minimum atomic E-state index is -0.433. The molecule has 0 aliphatic rings. The highest BCUT2D eigenvalue weighted by Gasteiger charge is 2.12. The van der Waals surface area contributed by atoms with Crippen molar-refractivity contribution in [2.24, 2.45) is 0 Å². The molecule has 78 valence electrons. The van der Waals surface area contributed by atoms with E-state index in [1.54, 1.807) is 13.8 Å². The van der Waals surface area contributed by atoms with Crippen molar-refractivity contribution in [2.45, 2.75) is 13.8 Å². The van der Waals surface area contributed by atoms with Crippen molar-refractivity contribution < 1.29 is 0 Å². The number of nitrogens with one attached hydrogen (secondary N) is 2. The molecule has 2 aromatic heterocycles. The van der Waals surface area contributed by atoms with Gasteiger partial charge in [-0.1, -0.05) is 0 Å². The molecule has 0 amide bonds. The van der Waals surface area contributed by atoms with Crippen LogP contribution in [0.15, 0.2) is 9.59 Å². The number of hydrogen-bond acceptors (Lipinski definition) is 4. The lowest BCUT2D eigenvalue weighted by Gasteiger charge is -2.05. The Hall–Kier alpha value is -2.11. The number of nitrogens with zero attached hydrogens (tertiary/aromatic N) is 1. The molecule has 0 saturated heterocycles. The number of pyridine rings is 1. The third-order valence-corrected chi connectivity index (χ3v) is 2.46. The van der Waals surface area contributed by atoms with Gasteiger partial charge in [-0.3, -0.25) is 19.8 Å². The van der Waals surface area contributed by atoms with E-state index in [2.05, 4.69) is 15.2 Å². The summed E-state index contributed by atoms with van der Waals surface area (Å²) in [6, 6.07) is 0. The lowest BCUT2D eigenvalue weighted by molar-refractivity contribution is 0.971. The Balaban J connectivity index is 3.23. The number of aromatic amines is 2. The number of nitrogens with two attached hydrogens (primary N) is 1. The molecule has 0 saturated carbocycles. The number of rotatable bonds is 0. The van der Waals surface area contributed by atoms with Gasteiger partial charge >= 0.3 is 0 Å². The summed E-state index contributed by atoms with van der Waals surface area (Å²) >= 11 is 0. The quantitative estimate of drug-likeness (QED) is 0.555. The van der Waals surface area contributed by atoms with E-state index in [0.717, 1.165) is 0 Å². The number of anilines is 1. The normalized spacial score (nSPS) is 10.8. The van der Waals surface area contributed by atoms with Crippen LogP contribution in [-0.2, 0) is 0 Å². The maximum absolute atomic E-state index is 11.5. The highest BCUT2D eigenvalue weighted by atomic mass is 16.1. The average Bonchev–Trinajstić information content (AvgIpc) is 2.18. The first-order valence-electron chi connectivity index (χ1n) is 4.39. The summed E-state index contributed by atoms with van der Waals surface area (Å²) < 4.78 is 0. The fourth-order valence-corrected chi connectivity index (χ4v) is 1.57. The smallest absolute Gasteiger partial charge is 0.274 e. The van der Waals surface area contributed by atoms with Crippen LogP contribution >= 0.6 is 0 Å². The zero-order valence-corrected chi connectivity index (χ0v) is 8.34. The first-order valence-corrected chi connectivity index (χ1v) is 4.39. The Morgan fingerprint density at radius 3 is 2.20 bits per heavy atom. The summed E-state index contributed by atoms with van der Waals surface area (Å²) in [6.45, 7) is 3.48. The third kappa shape index (κ3) is 1.22. The molecule has 2 heterocycles. The van der Waals surface area contributed by atoms with Crippen molar-refractivity contribution in [3.8, 4) is 0 Å². The number of nitrogen functional groups attached to an aromatic ring is 1. The first-order chi connectivity index (χ1) is 7.02. The van der Waals surface area contributed by atoms with Crippen molar-refractivity contribution >= 4 is 16.6 Å². The zero-order valence-electron chi connectivity index (χ0n) is 8.34. The second-order valence-corrected chi connectivity index (χ2v) is 3.37. The Morgan fingerprint density at radius 1 is 1.07 bits per heavy atom. The van der Waals surface area contributed by atoms with Crippen LogP contribution in [0.2, 0.25) is 0 Å². The summed E-state index contributed by atoms with van der Waals surface area (Å²) in [4.78, 5) is 27.0. The molecule has 6 heteroatoms. The van der Waals surface area contributed by atoms with E-state index in [-0.39, 0.29) is 16.8 Å². The minimum Gasteiger partial charge on any atom is -0.383 e. The van der Waals surface area contributed by atoms with E-state index in [9.17, 15) is 9.59 Å². The summed E-state index contributed by atoms with van der Waals surface area (Å²) in [5.41, 5.74) is 6.14. The van der Waals surface area contributed by atoms with Crippen molar-refractivity contribution in [1.29, 1.82) is 0 Å². The van der Waals surface area contributed by atoms with Crippen LogP contribution in [0.3, 0.4) is 0 Å². The molecule has 15 heavy (non-hydrogen) atoms. The largest absolute Gasteiger partial charge is 0.383 e. The SMILES string of the molecule is Cc1nc(N)c2c(=O)[nH][nH]c(=O)c2c1C. The van der Waals surface area contributed by atoms with Crippen LogP contribution in [-0.4, -0.2) is 15.2 Å². The summed E-state index contributed by atoms with van der Waals surface area (Å²) in [5, 5.41) is 4.94. The molecular formula is C9H10N4O2. The van der Waals surface area contributed by atoms with Gasteiger partial charge in [-0.25, -0.2) is 4.98 Å². The van der Waals surface area contributed by atoms with Gasteiger partial charge in [0.05, 0.1) is 10.8 Å². The Labute approximate surface area is 84.1 Å². The van der Waals surface area contributed by atoms with Gasteiger partial charge in [-0.05, 0) is 19.4 Å². The van der Waals surface area contributed by atoms with E-state index in [0.29, 0.717) is 16.6 Å². The zero-order chi connectivity index (χ0) is 11.2. The second-order valence-electron chi connectivity index (χ2n) is 3.37. The fourth-order valence-electron chi connectivity index (χ4n) is 1.57. The lowest BCUT2D eigenvalue weighted by Crippen LogP contribution is -2.22. The van der Waals surface area contributed by atoms with E-state index < -0.39 is 5.56 Å². The summed E-state index contributed by atoms with van der Waals surface area (Å²) in [5.74, 6) is 0.0837. The number of H-pyrrole nitrogens is 2. The second kappa shape index (κ2) is 2.94. The van der Waals surface area contributed by atoms with Crippen molar-refractivity contribution in [1.82, 2.24) is 15.2 Å². The molecule has 4 N–H and O–H groups in total. The number of aryl methyl sites for hydroxylation is 2. The first kappa shape index (κ1) is 9.45. The van der Waals surface area contributed by atoms with E-state index >= 15 is 0 Å². The molecule has 2 aromatic rings. The van der Waals surface area contributed by atoms with Gasteiger partial charge in [0.15, 0.2) is 0 Å². The van der Waals surface area contributed by atoms with Crippen LogP contribution in [0.25, 0.3) is 10.8 Å². The molecule has 6 nitrogen and oxygen atoms in total. The van der Waals surface area contributed by atoms with Crippen LogP contribution in [0, 0.1) is 13.8 Å². The fraction of sp³-hybridized carbons (Fsp3) is 0.222. The van der Waals surface area contributed by atoms with E-state index in [1.807, 2.05) is 0 Å². The van der Waals surface area contributed by atoms with Gasteiger partial charge in [-0.15, -0.1) is 0 Å². The van der Waals surface area contributed by atoms with Gasteiger partial charge in [0.25, 0.3) is 11.1 Å². The Kier molecular flexibility index (Phi) is 1.85. The van der Waals surface area contributed by atoms with Gasteiger partial charge in [0, 0.05) is 5.69 Å². The number of aromatic nitrogens is 3. The standard InChI is InChI=1S/C9H10N4O2/c1-3-4(2)11-7(10)6-5(3)8(14)12-13-9(6)15/h1-2H3,(H2,10,11)(H,12,14)(H,13,15). The molecular weight excluding hydrogens is 196 g/mol. The monoisotopic (exact) mass is 206 g/mol. The summed E-state index contributed by atoms with van der Waals surface area (Å²) in [7, 11) is 0.